The molecule has 0 unspecified atom stereocenters. The zero-order valence-corrected chi connectivity index (χ0v) is 13.6. The lowest BCUT2D eigenvalue weighted by molar-refractivity contribution is 0.0532. The zero-order valence-electron chi connectivity index (χ0n) is 13.6. The molecule has 130 valence electrons. The van der Waals surface area contributed by atoms with Gasteiger partial charge in [-0.1, -0.05) is 0 Å². The van der Waals surface area contributed by atoms with Crippen LogP contribution in [0, 0.1) is 0 Å². The maximum atomic E-state index is 12.9. The first-order valence-corrected chi connectivity index (χ1v) is 8.07. The number of hydrogen-bond donors (Lipinski definition) is 0. The molecule has 0 aliphatic carbocycles. The topological polar surface area (TPSA) is 55.6 Å². The van der Waals surface area contributed by atoms with Gasteiger partial charge in [0.1, 0.15) is 11.4 Å². The Hall–Kier alpha value is -2.61. The molecule has 1 aliphatic heterocycles. The molecule has 6 nitrogen and oxygen atoms in total. The summed E-state index contributed by atoms with van der Waals surface area (Å²) in [6, 6.07) is 6.68. The SMILES string of the molecule is C[C@@H]1CN(c2ccnc(-c3cnc4ccc(C(F)F)nn34)c2)CCO1. The summed E-state index contributed by atoms with van der Waals surface area (Å²) in [5.74, 6) is 0. The predicted octanol–water partition coefficient (Wildman–Crippen LogP) is 2.95. The summed E-state index contributed by atoms with van der Waals surface area (Å²) in [4.78, 5) is 10.8. The van der Waals surface area contributed by atoms with Crippen LogP contribution in [-0.2, 0) is 4.74 Å². The van der Waals surface area contributed by atoms with Crippen molar-refractivity contribution >= 4 is 11.3 Å². The van der Waals surface area contributed by atoms with Crippen molar-refractivity contribution in [3.8, 4) is 11.4 Å². The van der Waals surface area contributed by atoms with E-state index in [1.165, 1.54) is 16.6 Å². The van der Waals surface area contributed by atoms with Crippen molar-refractivity contribution in [1.82, 2.24) is 19.6 Å². The summed E-state index contributed by atoms with van der Waals surface area (Å²) >= 11 is 0. The molecule has 0 radical (unpaired) electrons. The van der Waals surface area contributed by atoms with Crippen LogP contribution in [-0.4, -0.2) is 45.4 Å². The first kappa shape index (κ1) is 15.9. The van der Waals surface area contributed by atoms with Crippen LogP contribution in [0.2, 0.25) is 0 Å². The van der Waals surface area contributed by atoms with E-state index in [2.05, 4.69) is 20.0 Å². The molecule has 1 atom stereocenters. The lowest BCUT2D eigenvalue weighted by atomic mass is 10.2. The largest absolute Gasteiger partial charge is 0.375 e. The fourth-order valence-electron chi connectivity index (χ4n) is 2.99. The molecule has 0 spiro atoms. The Balaban J connectivity index is 1.73. The molecule has 3 aromatic rings. The molecule has 4 rings (SSSR count). The number of rotatable bonds is 3. The first-order chi connectivity index (χ1) is 12.1. The second-order valence-electron chi connectivity index (χ2n) is 6.00. The molecule has 1 fully saturated rings. The fourth-order valence-corrected chi connectivity index (χ4v) is 2.99. The number of pyridine rings is 1. The molecular weight excluding hydrogens is 328 g/mol. The molecule has 8 heteroatoms. The van der Waals surface area contributed by atoms with E-state index in [1.54, 1.807) is 12.4 Å². The summed E-state index contributed by atoms with van der Waals surface area (Å²) < 4.78 is 32.9. The Kier molecular flexibility index (Phi) is 4.04. The summed E-state index contributed by atoms with van der Waals surface area (Å²) in [5, 5.41) is 4.00. The van der Waals surface area contributed by atoms with E-state index in [9.17, 15) is 8.78 Å². The van der Waals surface area contributed by atoms with E-state index in [0.717, 1.165) is 18.8 Å². The highest BCUT2D eigenvalue weighted by Crippen LogP contribution is 2.25. The standard InChI is InChI=1S/C17H17F2N5O/c1-11-10-23(6-7-25-11)12-4-5-20-14(8-12)15-9-21-16-3-2-13(17(18)19)22-24(15)16/h2-5,8-9,11,17H,6-7,10H2,1H3/t11-/m1/s1. The van der Waals surface area contributed by atoms with Gasteiger partial charge in [-0.25, -0.2) is 18.3 Å². The van der Waals surface area contributed by atoms with Gasteiger partial charge in [0.2, 0.25) is 0 Å². The fraction of sp³-hybridized carbons (Fsp3) is 0.353. The van der Waals surface area contributed by atoms with Crippen LogP contribution in [0.3, 0.4) is 0 Å². The number of halogens is 2. The molecule has 1 saturated heterocycles. The van der Waals surface area contributed by atoms with Crippen LogP contribution in [0.4, 0.5) is 14.5 Å². The number of aromatic nitrogens is 4. The number of alkyl halides is 2. The third kappa shape index (κ3) is 3.05. The lowest BCUT2D eigenvalue weighted by Crippen LogP contribution is -2.41. The molecule has 4 heterocycles. The number of fused-ring (bicyclic) bond motifs is 1. The van der Waals surface area contributed by atoms with Crippen molar-refractivity contribution < 1.29 is 13.5 Å². The van der Waals surface area contributed by atoms with Gasteiger partial charge in [-0.15, -0.1) is 0 Å². The molecular formula is C17H17F2N5O. The van der Waals surface area contributed by atoms with Crippen molar-refractivity contribution in [3.63, 3.8) is 0 Å². The number of imidazole rings is 1. The Morgan fingerprint density at radius 1 is 1.24 bits per heavy atom. The quantitative estimate of drug-likeness (QED) is 0.730. The van der Waals surface area contributed by atoms with E-state index < -0.39 is 6.43 Å². The van der Waals surface area contributed by atoms with Crippen molar-refractivity contribution in [2.45, 2.75) is 19.5 Å². The van der Waals surface area contributed by atoms with Crippen molar-refractivity contribution in [2.75, 3.05) is 24.6 Å². The number of ether oxygens (including phenoxy) is 1. The smallest absolute Gasteiger partial charge is 0.282 e. The van der Waals surface area contributed by atoms with E-state index in [-0.39, 0.29) is 11.8 Å². The van der Waals surface area contributed by atoms with Gasteiger partial charge in [0.05, 0.1) is 24.6 Å². The van der Waals surface area contributed by atoms with Crippen LogP contribution < -0.4 is 4.90 Å². The van der Waals surface area contributed by atoms with Gasteiger partial charge < -0.3 is 9.64 Å². The first-order valence-electron chi connectivity index (χ1n) is 8.07. The Bertz CT molecular complexity index is 898. The molecule has 0 amide bonds. The third-order valence-electron chi connectivity index (χ3n) is 4.22. The maximum Gasteiger partial charge on any atom is 0.282 e. The van der Waals surface area contributed by atoms with Gasteiger partial charge in [0.25, 0.3) is 6.43 Å². The van der Waals surface area contributed by atoms with E-state index in [4.69, 9.17) is 4.74 Å². The minimum absolute atomic E-state index is 0.163. The minimum atomic E-state index is -2.63. The Morgan fingerprint density at radius 2 is 2.12 bits per heavy atom. The Morgan fingerprint density at radius 3 is 2.92 bits per heavy atom. The van der Waals surface area contributed by atoms with Crippen molar-refractivity contribution in [1.29, 1.82) is 0 Å². The minimum Gasteiger partial charge on any atom is -0.375 e. The number of nitrogens with zero attached hydrogens (tertiary/aromatic N) is 5. The van der Waals surface area contributed by atoms with Crippen LogP contribution in [0.1, 0.15) is 19.0 Å². The van der Waals surface area contributed by atoms with Gasteiger partial charge in [-0.05, 0) is 31.2 Å². The predicted molar refractivity (Wildman–Crippen MR) is 88.8 cm³/mol. The average molecular weight is 345 g/mol. The number of morpholine rings is 1. The van der Waals surface area contributed by atoms with Crippen molar-refractivity contribution in [3.05, 3.63) is 42.4 Å². The van der Waals surface area contributed by atoms with Gasteiger partial charge in [-0.2, -0.15) is 5.10 Å². The summed E-state index contributed by atoms with van der Waals surface area (Å²) in [7, 11) is 0. The number of anilines is 1. The second kappa shape index (κ2) is 6.36. The van der Waals surface area contributed by atoms with Crippen molar-refractivity contribution in [2.24, 2.45) is 0 Å². The average Bonchev–Trinajstić information content (AvgIpc) is 3.05. The monoisotopic (exact) mass is 345 g/mol. The molecule has 0 bridgehead atoms. The van der Waals surface area contributed by atoms with Crippen LogP contribution >= 0.6 is 0 Å². The normalized spacial score (nSPS) is 18.2. The van der Waals surface area contributed by atoms with E-state index >= 15 is 0 Å². The maximum absolute atomic E-state index is 12.9. The molecule has 0 aromatic carbocycles. The van der Waals surface area contributed by atoms with Crippen LogP contribution in [0.15, 0.2) is 36.7 Å². The Labute approximate surface area is 143 Å². The number of hydrogen-bond acceptors (Lipinski definition) is 5. The molecule has 0 saturated carbocycles. The highest BCUT2D eigenvalue weighted by atomic mass is 19.3. The van der Waals surface area contributed by atoms with Gasteiger partial charge >= 0.3 is 0 Å². The lowest BCUT2D eigenvalue weighted by Gasteiger charge is -2.33. The summed E-state index contributed by atoms with van der Waals surface area (Å²) in [6.07, 6.45) is 0.845. The molecule has 0 N–H and O–H groups in total. The van der Waals surface area contributed by atoms with Gasteiger partial charge in [-0.3, -0.25) is 4.98 Å². The molecule has 25 heavy (non-hydrogen) atoms. The second-order valence-corrected chi connectivity index (χ2v) is 6.00. The molecule has 3 aromatic heterocycles. The molecule has 1 aliphatic rings. The van der Waals surface area contributed by atoms with Gasteiger partial charge in [0, 0.05) is 25.0 Å². The van der Waals surface area contributed by atoms with Crippen LogP contribution in [0.25, 0.3) is 17.0 Å². The van der Waals surface area contributed by atoms with E-state index in [0.29, 0.717) is 23.6 Å². The zero-order chi connectivity index (χ0) is 17.4. The van der Waals surface area contributed by atoms with Gasteiger partial charge in [0.15, 0.2) is 5.65 Å². The third-order valence-corrected chi connectivity index (χ3v) is 4.22. The summed E-state index contributed by atoms with van der Waals surface area (Å²) in [5.41, 5.74) is 2.46. The highest BCUT2D eigenvalue weighted by molar-refractivity contribution is 5.64. The van der Waals surface area contributed by atoms with Crippen LogP contribution in [0.5, 0.6) is 0 Å². The highest BCUT2D eigenvalue weighted by Gasteiger charge is 2.19. The van der Waals surface area contributed by atoms with E-state index in [1.807, 2.05) is 19.1 Å². The summed E-state index contributed by atoms with van der Waals surface area (Å²) in [6.45, 7) is 4.31.